The van der Waals surface area contributed by atoms with Crippen LogP contribution in [0.4, 0.5) is 20.2 Å². The Hall–Kier alpha value is -7.19. The molecule has 2 saturated heterocycles. The van der Waals surface area contributed by atoms with Gasteiger partial charge in [-0.05, 0) is 106 Å². The van der Waals surface area contributed by atoms with E-state index in [4.69, 9.17) is 44.0 Å². The van der Waals surface area contributed by atoms with Crippen LogP contribution in [0.5, 0.6) is 34.5 Å². The molecule has 4 aromatic carbocycles. The van der Waals surface area contributed by atoms with E-state index in [1.54, 1.807) is 56.9 Å². The Bertz CT molecular complexity index is 3050. The van der Waals surface area contributed by atoms with Crippen LogP contribution < -0.4 is 38.2 Å². The van der Waals surface area contributed by atoms with Gasteiger partial charge in [-0.1, -0.05) is 41.5 Å². The number of piperidine rings is 1. The number of rotatable bonds is 21. The van der Waals surface area contributed by atoms with Crippen LogP contribution in [0.1, 0.15) is 143 Å². The predicted molar refractivity (Wildman–Crippen MR) is 317 cm³/mol. The lowest BCUT2D eigenvalue weighted by atomic mass is 9.84. The highest BCUT2D eigenvalue weighted by Crippen LogP contribution is 2.45. The Kier molecular flexibility index (Phi) is 20.6. The molecule has 83 heavy (non-hydrogen) atoms. The van der Waals surface area contributed by atoms with Crippen molar-refractivity contribution in [3.8, 4) is 34.5 Å². The summed E-state index contributed by atoms with van der Waals surface area (Å²) >= 11 is 0. The first kappa shape index (κ1) is 63.4. The number of aliphatic hydroxyl groups is 1. The molecule has 0 atom stereocenters. The number of carbonyl (C=O) groups excluding carboxylic acids is 3. The molecule has 452 valence electrons. The third-order valence-electron chi connectivity index (χ3n) is 15.2. The molecule has 0 radical (unpaired) electrons. The van der Waals surface area contributed by atoms with E-state index >= 15 is 8.78 Å². The highest BCUT2D eigenvalue weighted by Gasteiger charge is 2.37. The highest BCUT2D eigenvalue weighted by molar-refractivity contribution is 6.07. The number of carbonyl (C=O) groups is 3. The number of amidine groups is 2. The van der Waals surface area contributed by atoms with Crippen LogP contribution in [0.3, 0.4) is 0 Å². The lowest BCUT2D eigenvalue weighted by Gasteiger charge is -2.37. The van der Waals surface area contributed by atoms with Gasteiger partial charge in [-0.15, -0.1) is 0 Å². The number of hydrogen-bond donors (Lipinski definition) is 3. The van der Waals surface area contributed by atoms with Crippen molar-refractivity contribution in [2.24, 2.45) is 0 Å². The van der Waals surface area contributed by atoms with Gasteiger partial charge in [0.05, 0.1) is 95.5 Å². The van der Waals surface area contributed by atoms with Gasteiger partial charge in [0.15, 0.2) is 46.2 Å². The lowest BCUT2D eigenvalue weighted by Crippen LogP contribution is -2.48. The SMILES string of the molecule is CCOC(=O)CN1CCN(c2cc(C(=O)CN3Cc4cc(OCC)c(OCC)c(F)c4C3=N)cc(C(C)(C)C)c2OC)CC1.CCOc1cc2c(c(F)c1OCC)C(=N)N(CC(=O)c1cc(N3CCC(O)CC3)c(OC)c(C(C)(C)C)c1)C2. The smallest absolute Gasteiger partial charge is 0.320 e. The van der Waals surface area contributed by atoms with Gasteiger partial charge in [-0.25, -0.2) is 8.78 Å². The molecule has 0 unspecified atom stereocenters. The fourth-order valence-corrected chi connectivity index (χ4v) is 11.1. The van der Waals surface area contributed by atoms with E-state index in [0.717, 1.165) is 28.3 Å². The second kappa shape index (κ2) is 27.0. The molecule has 4 heterocycles. The Morgan fingerprint density at radius 1 is 0.554 bits per heavy atom. The number of ketones is 2. The number of aliphatic hydroxyl groups excluding tert-OH is 1. The van der Waals surface area contributed by atoms with Crippen molar-refractivity contribution in [1.82, 2.24) is 14.7 Å². The van der Waals surface area contributed by atoms with E-state index in [1.165, 1.54) is 0 Å². The van der Waals surface area contributed by atoms with Crippen LogP contribution in [0, 0.1) is 22.5 Å². The molecule has 0 spiro atoms. The largest absolute Gasteiger partial charge is 0.494 e. The minimum absolute atomic E-state index is 0.00251. The molecule has 4 aliphatic heterocycles. The molecule has 0 aliphatic carbocycles. The Morgan fingerprint density at radius 2 is 0.952 bits per heavy atom. The number of hydrogen-bond acceptors (Lipinski definition) is 16. The predicted octanol–water partition coefficient (Wildman–Crippen LogP) is 9.55. The van der Waals surface area contributed by atoms with E-state index in [9.17, 15) is 19.5 Å². The van der Waals surface area contributed by atoms with Crippen LogP contribution in [0.15, 0.2) is 36.4 Å². The van der Waals surface area contributed by atoms with Crippen molar-refractivity contribution < 1.29 is 61.4 Å². The number of nitrogens with one attached hydrogen (secondary N) is 2. The summed E-state index contributed by atoms with van der Waals surface area (Å²) in [5.74, 6) is 0.0488. The zero-order valence-corrected chi connectivity index (χ0v) is 50.8. The summed E-state index contributed by atoms with van der Waals surface area (Å²) in [4.78, 5) is 49.1. The van der Waals surface area contributed by atoms with Crippen molar-refractivity contribution in [2.45, 2.75) is 119 Å². The molecule has 18 nitrogen and oxygen atoms in total. The van der Waals surface area contributed by atoms with Crippen molar-refractivity contribution in [3.05, 3.63) is 92.5 Å². The number of nitrogens with zero attached hydrogens (tertiary/aromatic N) is 5. The highest BCUT2D eigenvalue weighted by atomic mass is 19.1. The summed E-state index contributed by atoms with van der Waals surface area (Å²) in [6.45, 7) is 27.4. The Balaban J connectivity index is 0.000000240. The molecule has 20 heteroatoms. The van der Waals surface area contributed by atoms with E-state index in [1.807, 2.05) is 38.1 Å². The van der Waals surface area contributed by atoms with E-state index in [0.29, 0.717) is 111 Å². The Labute approximate surface area is 487 Å². The molecule has 0 amide bonds. The van der Waals surface area contributed by atoms with Crippen molar-refractivity contribution in [1.29, 1.82) is 10.8 Å². The fraction of sp³-hybridized carbons (Fsp3) is 0.540. The molecular formula is C63H85F2N7O11. The van der Waals surface area contributed by atoms with Crippen LogP contribution in [-0.2, 0) is 33.5 Å². The first-order chi connectivity index (χ1) is 39.4. The summed E-state index contributed by atoms with van der Waals surface area (Å²) in [5, 5.41) is 27.5. The maximum Gasteiger partial charge on any atom is 0.320 e. The average molecular weight is 1150 g/mol. The van der Waals surface area contributed by atoms with Crippen LogP contribution >= 0.6 is 0 Å². The van der Waals surface area contributed by atoms with Gasteiger partial charge >= 0.3 is 5.97 Å². The van der Waals surface area contributed by atoms with Crippen LogP contribution in [0.25, 0.3) is 0 Å². The molecule has 4 aromatic rings. The normalized spacial score (nSPS) is 15.6. The number of Topliss-reactive ketones (excluding diaryl/α,β-unsaturated/α-hetero) is 2. The summed E-state index contributed by atoms with van der Waals surface area (Å²) in [7, 11) is 3.27. The van der Waals surface area contributed by atoms with E-state index in [-0.39, 0.29) is 115 Å². The minimum atomic E-state index is -0.642. The van der Waals surface area contributed by atoms with E-state index < -0.39 is 11.6 Å². The summed E-state index contributed by atoms with van der Waals surface area (Å²) in [5.41, 5.74) is 5.28. The minimum Gasteiger partial charge on any atom is -0.494 e. The van der Waals surface area contributed by atoms with Gasteiger partial charge in [-0.2, -0.15) is 0 Å². The second-order valence-electron chi connectivity index (χ2n) is 23.0. The van der Waals surface area contributed by atoms with Gasteiger partial charge in [-0.3, -0.25) is 30.1 Å². The first-order valence-corrected chi connectivity index (χ1v) is 28.9. The molecule has 0 aromatic heterocycles. The molecule has 8 rings (SSSR count). The van der Waals surface area contributed by atoms with Crippen LogP contribution in [0.2, 0.25) is 0 Å². The van der Waals surface area contributed by atoms with Gasteiger partial charge in [0.1, 0.15) is 23.2 Å². The summed E-state index contributed by atoms with van der Waals surface area (Å²) in [6.07, 6.45) is 0.969. The standard InChI is InChI=1S/C33H45FN4O6.C30H40FN3O5/c1-8-42-26-17-22-18-38(32(35)28(22)29(34)31(26)44-10-3)19-25(39)21-15-23(33(4,5)6)30(41-7)24(16-21)37-13-11-36(12-14-37)20-27(40)43-9-2;1-7-38-24-15-19-16-34(29(32)25(19)26(31)28(24)39-8-2)17-23(36)18-13-21(30(3,4)5)27(37-6)22(14-18)33-11-9-20(35)10-12-33/h15-17,35H,8-14,18-20H2,1-7H3;13-15,20,32,35H,7-12,16-17H2,1-6H3. The van der Waals surface area contributed by atoms with E-state index in [2.05, 4.69) is 56.2 Å². The van der Waals surface area contributed by atoms with Gasteiger partial charge in [0.2, 0.25) is 0 Å². The monoisotopic (exact) mass is 1150 g/mol. The van der Waals surface area contributed by atoms with Crippen molar-refractivity contribution in [2.75, 3.05) is 116 Å². The number of methoxy groups -OCH3 is 2. The third kappa shape index (κ3) is 14.1. The number of fused-ring (bicyclic) bond motifs is 2. The number of anilines is 2. The number of benzene rings is 4. The number of piperazine rings is 1. The van der Waals surface area contributed by atoms with Crippen molar-refractivity contribution in [3.63, 3.8) is 0 Å². The first-order valence-electron chi connectivity index (χ1n) is 28.9. The fourth-order valence-electron chi connectivity index (χ4n) is 11.1. The molecule has 3 N–H and O–H groups in total. The Morgan fingerprint density at radius 3 is 1.31 bits per heavy atom. The maximum absolute atomic E-state index is 15.6. The van der Waals surface area contributed by atoms with Gasteiger partial charge in [0.25, 0.3) is 0 Å². The maximum atomic E-state index is 15.6. The second-order valence-corrected chi connectivity index (χ2v) is 23.0. The van der Waals surface area contributed by atoms with Gasteiger partial charge in [0, 0.05) is 74.6 Å². The summed E-state index contributed by atoms with van der Waals surface area (Å²) < 4.78 is 70.2. The molecule has 4 aliphatic rings. The molecule has 2 fully saturated rings. The molecule has 0 bridgehead atoms. The van der Waals surface area contributed by atoms with Crippen molar-refractivity contribution >= 4 is 40.6 Å². The zero-order valence-electron chi connectivity index (χ0n) is 50.8. The van der Waals surface area contributed by atoms with Crippen LogP contribution in [-0.4, -0.2) is 161 Å². The molecule has 0 saturated carbocycles. The lowest BCUT2D eigenvalue weighted by molar-refractivity contribution is -0.144. The topological polar surface area (TPSA) is 200 Å². The van der Waals surface area contributed by atoms with Gasteiger partial charge < -0.3 is 57.9 Å². The molecular weight excluding hydrogens is 1070 g/mol. The number of esters is 1. The third-order valence-corrected chi connectivity index (χ3v) is 15.2. The zero-order chi connectivity index (χ0) is 60.7. The number of halogens is 2. The number of ether oxygens (including phenoxy) is 7. The average Bonchev–Trinajstić information content (AvgIpc) is 3.40. The summed E-state index contributed by atoms with van der Waals surface area (Å²) in [6, 6.07) is 10.9. The quantitative estimate of drug-likeness (QED) is 0.0526.